The average Bonchev–Trinajstić information content (AvgIpc) is 2.59. The maximum atomic E-state index is 5.83. The van der Waals surface area contributed by atoms with E-state index in [2.05, 4.69) is 20.3 Å². The van der Waals surface area contributed by atoms with E-state index in [0.29, 0.717) is 24.6 Å². The Hall–Kier alpha value is -2.99. The molecule has 0 bridgehead atoms. The van der Waals surface area contributed by atoms with Crippen LogP contribution in [0.25, 0.3) is 0 Å². The quantitative estimate of drug-likeness (QED) is 0.643. The molecular weight excluding hydrogens is 300 g/mol. The molecule has 6 nitrogen and oxygen atoms in total. The monoisotopic (exact) mass is 320 g/mol. The predicted molar refractivity (Wildman–Crippen MR) is 94.8 cm³/mol. The molecular formula is C18H20N6. The van der Waals surface area contributed by atoms with Crippen LogP contribution in [-0.2, 0) is 13.0 Å². The zero-order valence-electron chi connectivity index (χ0n) is 13.3. The number of nitrogens with two attached hydrogens (primary N) is 2. The smallest absolute Gasteiger partial charge is 0.123 e. The lowest BCUT2D eigenvalue weighted by Crippen LogP contribution is -2.25. The van der Waals surface area contributed by atoms with Crippen LogP contribution in [0.15, 0.2) is 60.8 Å². The fraction of sp³-hybridized carbons (Fsp3) is 0.167. The van der Waals surface area contributed by atoms with Gasteiger partial charge in [0.2, 0.25) is 0 Å². The first-order valence-electron chi connectivity index (χ1n) is 7.78. The molecule has 0 aliphatic rings. The van der Waals surface area contributed by atoms with Crippen LogP contribution in [0.4, 0.5) is 11.6 Å². The standard InChI is InChI=1S/C18H20N6/c19-17-8-3-6-13(23-17)11-16(15-7-4-9-18(20)24-15)22-12-14-5-1-2-10-21-14/h1-10,16,22H,11-12H2,(H2,19,23)(H2,20,24). The Bertz CT molecular complexity index is 790. The number of nitrogens with zero attached hydrogens (tertiary/aromatic N) is 3. The van der Waals surface area contributed by atoms with Crippen LogP contribution in [0.1, 0.15) is 23.1 Å². The zero-order valence-corrected chi connectivity index (χ0v) is 13.3. The number of nitrogen functional groups attached to an aromatic ring is 2. The summed E-state index contributed by atoms with van der Waals surface area (Å²) >= 11 is 0. The van der Waals surface area contributed by atoms with Gasteiger partial charge < -0.3 is 16.8 Å². The Morgan fingerprint density at radius 1 is 0.833 bits per heavy atom. The van der Waals surface area contributed by atoms with E-state index >= 15 is 0 Å². The van der Waals surface area contributed by atoms with Gasteiger partial charge in [-0.15, -0.1) is 0 Å². The van der Waals surface area contributed by atoms with E-state index in [1.165, 1.54) is 0 Å². The first-order valence-corrected chi connectivity index (χ1v) is 7.78. The summed E-state index contributed by atoms with van der Waals surface area (Å²) in [6, 6.07) is 17.1. The van der Waals surface area contributed by atoms with Gasteiger partial charge in [0.05, 0.1) is 17.4 Å². The van der Waals surface area contributed by atoms with Gasteiger partial charge in [-0.05, 0) is 36.4 Å². The second-order valence-corrected chi connectivity index (χ2v) is 5.50. The van der Waals surface area contributed by atoms with Crippen LogP contribution in [0.2, 0.25) is 0 Å². The summed E-state index contributed by atoms with van der Waals surface area (Å²) in [4.78, 5) is 13.2. The van der Waals surface area contributed by atoms with Crippen molar-refractivity contribution in [2.45, 2.75) is 19.0 Å². The maximum Gasteiger partial charge on any atom is 0.123 e. The van der Waals surface area contributed by atoms with Gasteiger partial charge in [0.1, 0.15) is 11.6 Å². The topological polar surface area (TPSA) is 103 Å². The van der Waals surface area contributed by atoms with Crippen molar-refractivity contribution in [1.29, 1.82) is 0 Å². The molecule has 1 atom stereocenters. The number of pyridine rings is 3. The highest BCUT2D eigenvalue weighted by molar-refractivity contribution is 5.32. The molecule has 122 valence electrons. The highest BCUT2D eigenvalue weighted by Crippen LogP contribution is 2.18. The van der Waals surface area contributed by atoms with Crippen molar-refractivity contribution >= 4 is 11.6 Å². The third kappa shape index (κ3) is 4.27. The van der Waals surface area contributed by atoms with Gasteiger partial charge >= 0.3 is 0 Å². The molecule has 5 N–H and O–H groups in total. The summed E-state index contributed by atoms with van der Waals surface area (Å²) in [6.45, 7) is 0.629. The molecule has 0 spiro atoms. The summed E-state index contributed by atoms with van der Waals surface area (Å²) in [5.41, 5.74) is 14.4. The molecule has 0 amide bonds. The largest absolute Gasteiger partial charge is 0.384 e. The minimum absolute atomic E-state index is 0.0372. The molecule has 3 aromatic rings. The molecule has 6 heteroatoms. The maximum absolute atomic E-state index is 5.83. The normalized spacial score (nSPS) is 12.0. The lowest BCUT2D eigenvalue weighted by molar-refractivity contribution is 0.510. The van der Waals surface area contributed by atoms with E-state index in [-0.39, 0.29) is 6.04 Å². The van der Waals surface area contributed by atoms with Crippen LogP contribution in [0, 0.1) is 0 Å². The van der Waals surface area contributed by atoms with E-state index in [9.17, 15) is 0 Å². The SMILES string of the molecule is Nc1cccc(CC(NCc2ccccn2)c2cccc(N)n2)n1. The van der Waals surface area contributed by atoms with Crippen LogP contribution in [0.3, 0.4) is 0 Å². The molecule has 0 aromatic carbocycles. The minimum Gasteiger partial charge on any atom is -0.384 e. The van der Waals surface area contributed by atoms with Crippen molar-refractivity contribution in [3.63, 3.8) is 0 Å². The number of aromatic nitrogens is 3. The van der Waals surface area contributed by atoms with Crippen LogP contribution in [-0.4, -0.2) is 15.0 Å². The molecule has 0 saturated heterocycles. The van der Waals surface area contributed by atoms with Crippen molar-refractivity contribution in [2.75, 3.05) is 11.5 Å². The van der Waals surface area contributed by atoms with Gasteiger partial charge in [0.15, 0.2) is 0 Å². The molecule has 0 fully saturated rings. The Morgan fingerprint density at radius 2 is 1.58 bits per heavy atom. The molecule has 3 heterocycles. The lowest BCUT2D eigenvalue weighted by Gasteiger charge is -2.18. The van der Waals surface area contributed by atoms with E-state index in [1.54, 1.807) is 18.3 Å². The van der Waals surface area contributed by atoms with E-state index < -0.39 is 0 Å². The number of hydrogen-bond donors (Lipinski definition) is 3. The van der Waals surface area contributed by atoms with Gasteiger partial charge in [-0.1, -0.05) is 18.2 Å². The Labute approximate surface area is 141 Å². The minimum atomic E-state index is -0.0372. The molecule has 1 unspecified atom stereocenters. The zero-order chi connectivity index (χ0) is 16.8. The van der Waals surface area contributed by atoms with Crippen molar-refractivity contribution in [3.8, 4) is 0 Å². The number of hydrogen-bond acceptors (Lipinski definition) is 6. The number of anilines is 2. The van der Waals surface area contributed by atoms with E-state index in [4.69, 9.17) is 11.5 Å². The van der Waals surface area contributed by atoms with Crippen molar-refractivity contribution in [3.05, 3.63) is 77.9 Å². The summed E-state index contributed by atoms with van der Waals surface area (Å²) in [5, 5.41) is 3.49. The highest BCUT2D eigenvalue weighted by Gasteiger charge is 2.15. The Morgan fingerprint density at radius 3 is 2.29 bits per heavy atom. The summed E-state index contributed by atoms with van der Waals surface area (Å²) in [7, 11) is 0. The number of nitrogens with one attached hydrogen (secondary N) is 1. The third-order valence-corrected chi connectivity index (χ3v) is 3.65. The van der Waals surface area contributed by atoms with Crippen LogP contribution >= 0.6 is 0 Å². The molecule has 3 rings (SSSR count). The molecule has 24 heavy (non-hydrogen) atoms. The van der Waals surface area contributed by atoms with E-state index in [0.717, 1.165) is 17.1 Å². The summed E-state index contributed by atoms with van der Waals surface area (Å²) in [5.74, 6) is 1.01. The molecule has 0 radical (unpaired) electrons. The Balaban J connectivity index is 1.80. The van der Waals surface area contributed by atoms with Crippen molar-refractivity contribution < 1.29 is 0 Å². The molecule has 0 aliphatic heterocycles. The van der Waals surface area contributed by atoms with Gasteiger partial charge in [-0.2, -0.15) is 0 Å². The average molecular weight is 320 g/mol. The second kappa shape index (κ2) is 7.52. The van der Waals surface area contributed by atoms with Crippen molar-refractivity contribution in [2.24, 2.45) is 0 Å². The third-order valence-electron chi connectivity index (χ3n) is 3.65. The molecule has 3 aromatic heterocycles. The van der Waals surface area contributed by atoms with Gasteiger partial charge in [-0.3, -0.25) is 4.98 Å². The predicted octanol–water partition coefficient (Wildman–Crippen LogP) is 2.11. The number of rotatable bonds is 6. The summed E-state index contributed by atoms with van der Waals surface area (Å²) < 4.78 is 0. The van der Waals surface area contributed by atoms with E-state index in [1.807, 2.05) is 42.5 Å². The molecule has 0 saturated carbocycles. The molecule has 0 aliphatic carbocycles. The second-order valence-electron chi connectivity index (χ2n) is 5.50. The summed E-state index contributed by atoms with van der Waals surface area (Å²) in [6.07, 6.45) is 2.44. The van der Waals surface area contributed by atoms with Gasteiger partial charge in [0, 0.05) is 24.9 Å². The van der Waals surface area contributed by atoms with Crippen molar-refractivity contribution in [1.82, 2.24) is 20.3 Å². The fourth-order valence-corrected chi connectivity index (χ4v) is 2.50. The van der Waals surface area contributed by atoms with Crippen LogP contribution < -0.4 is 16.8 Å². The van der Waals surface area contributed by atoms with Gasteiger partial charge in [-0.25, -0.2) is 9.97 Å². The first kappa shape index (κ1) is 15.9. The van der Waals surface area contributed by atoms with Gasteiger partial charge in [0.25, 0.3) is 0 Å². The Kier molecular flexibility index (Phi) is 4.98. The fourth-order valence-electron chi connectivity index (χ4n) is 2.50. The lowest BCUT2D eigenvalue weighted by atomic mass is 10.1. The highest BCUT2D eigenvalue weighted by atomic mass is 15.0. The first-order chi connectivity index (χ1) is 11.7. The van der Waals surface area contributed by atoms with Crippen LogP contribution in [0.5, 0.6) is 0 Å².